The smallest absolute Gasteiger partial charge is 0.196 e. The molecule has 10 heteroatoms. The third-order valence-corrected chi connectivity index (χ3v) is 6.09. The molecule has 0 aromatic carbocycles. The van der Waals surface area contributed by atoms with Gasteiger partial charge in [0.05, 0.1) is 16.8 Å². The van der Waals surface area contributed by atoms with E-state index in [1.807, 2.05) is 41.2 Å². The molecule has 5 aromatic heterocycles. The topological polar surface area (TPSA) is 103 Å². The van der Waals surface area contributed by atoms with E-state index in [9.17, 15) is 0 Å². The molecule has 0 aliphatic carbocycles. The normalized spacial score (nSPS) is 11.5. The monoisotopic (exact) mass is 491 g/mol. The number of H-pyrrole nitrogens is 1. The van der Waals surface area contributed by atoms with Gasteiger partial charge in [0.2, 0.25) is 0 Å². The predicted octanol–water partition coefficient (Wildman–Crippen LogP) is 4.26. The molecule has 0 bridgehead atoms. The standard InChI is InChI=1S/C22H22BrN9/c1-3-4-5-19-26-20-14(2)10-11-24-22(20)31(19)13-15-6-9-18(25-12-15)32-16(7-8-17(32)23)21-27-29-30-28-21/h6-12H,3-5,13H2,1-2H3,(H,27,28,29,30). The van der Waals surface area contributed by atoms with Gasteiger partial charge in [-0.3, -0.25) is 4.57 Å². The number of rotatable bonds is 7. The first-order valence-corrected chi connectivity index (χ1v) is 11.3. The van der Waals surface area contributed by atoms with E-state index in [0.29, 0.717) is 12.4 Å². The van der Waals surface area contributed by atoms with Crippen LogP contribution in [0.25, 0.3) is 28.5 Å². The summed E-state index contributed by atoms with van der Waals surface area (Å²) in [6, 6.07) is 9.97. The van der Waals surface area contributed by atoms with Crippen LogP contribution in [-0.4, -0.2) is 44.7 Å². The van der Waals surface area contributed by atoms with Crippen molar-refractivity contribution in [3.8, 4) is 17.3 Å². The number of aromatic nitrogens is 9. The van der Waals surface area contributed by atoms with Crippen molar-refractivity contribution in [2.45, 2.75) is 39.7 Å². The maximum Gasteiger partial charge on any atom is 0.196 e. The molecule has 0 amide bonds. The maximum absolute atomic E-state index is 4.90. The van der Waals surface area contributed by atoms with Crippen LogP contribution in [0.2, 0.25) is 0 Å². The van der Waals surface area contributed by atoms with Crippen LogP contribution in [0.3, 0.4) is 0 Å². The number of unbranched alkanes of at least 4 members (excludes halogenated alkanes) is 1. The molecule has 5 heterocycles. The molecule has 0 fully saturated rings. The quantitative estimate of drug-likeness (QED) is 0.364. The fraction of sp³-hybridized carbons (Fsp3) is 0.273. The van der Waals surface area contributed by atoms with Crippen molar-refractivity contribution in [2.75, 3.05) is 0 Å². The van der Waals surface area contributed by atoms with Gasteiger partial charge < -0.3 is 4.57 Å². The van der Waals surface area contributed by atoms with E-state index in [4.69, 9.17) is 9.97 Å². The molecule has 32 heavy (non-hydrogen) atoms. The van der Waals surface area contributed by atoms with Crippen LogP contribution < -0.4 is 0 Å². The number of fused-ring (bicyclic) bond motifs is 1. The van der Waals surface area contributed by atoms with E-state index in [1.165, 1.54) is 0 Å². The zero-order valence-corrected chi connectivity index (χ0v) is 19.4. The summed E-state index contributed by atoms with van der Waals surface area (Å²) in [7, 11) is 0. The SMILES string of the molecule is CCCCc1nc2c(C)ccnc2n1Cc1ccc(-n2c(Br)ccc2-c2nnn[nH]2)nc1. The lowest BCUT2D eigenvalue weighted by molar-refractivity contribution is 0.685. The summed E-state index contributed by atoms with van der Waals surface area (Å²) in [5.41, 5.74) is 4.95. The van der Waals surface area contributed by atoms with Gasteiger partial charge >= 0.3 is 0 Å². The summed E-state index contributed by atoms with van der Waals surface area (Å²) < 4.78 is 5.04. The van der Waals surface area contributed by atoms with Gasteiger partial charge in [-0.15, -0.1) is 5.10 Å². The van der Waals surface area contributed by atoms with Crippen molar-refractivity contribution in [1.29, 1.82) is 0 Å². The van der Waals surface area contributed by atoms with Crippen LogP contribution in [0.5, 0.6) is 0 Å². The van der Waals surface area contributed by atoms with Crippen LogP contribution in [0.4, 0.5) is 0 Å². The largest absolute Gasteiger partial charge is 0.308 e. The van der Waals surface area contributed by atoms with Crippen molar-refractivity contribution >= 4 is 27.1 Å². The minimum absolute atomic E-state index is 0.577. The molecule has 0 saturated heterocycles. The third kappa shape index (κ3) is 3.70. The van der Waals surface area contributed by atoms with Gasteiger partial charge in [-0.25, -0.2) is 20.1 Å². The molecule has 0 atom stereocenters. The van der Waals surface area contributed by atoms with Crippen LogP contribution in [0.15, 0.2) is 47.3 Å². The number of aromatic amines is 1. The molecule has 162 valence electrons. The lowest BCUT2D eigenvalue weighted by Crippen LogP contribution is -2.07. The number of hydrogen-bond acceptors (Lipinski definition) is 6. The van der Waals surface area contributed by atoms with Gasteiger partial charge in [0.15, 0.2) is 11.5 Å². The Kier molecular flexibility index (Phi) is 5.52. The number of pyridine rings is 2. The highest BCUT2D eigenvalue weighted by Gasteiger charge is 2.16. The Morgan fingerprint density at radius 3 is 2.75 bits per heavy atom. The summed E-state index contributed by atoms with van der Waals surface area (Å²) in [5.74, 6) is 2.42. The van der Waals surface area contributed by atoms with E-state index in [2.05, 4.69) is 66.0 Å². The summed E-state index contributed by atoms with van der Waals surface area (Å²) in [4.78, 5) is 14.2. The predicted molar refractivity (Wildman–Crippen MR) is 124 cm³/mol. The first-order valence-electron chi connectivity index (χ1n) is 10.5. The summed E-state index contributed by atoms with van der Waals surface area (Å²) in [6.07, 6.45) is 6.91. The summed E-state index contributed by atoms with van der Waals surface area (Å²) in [6.45, 7) is 4.95. The summed E-state index contributed by atoms with van der Waals surface area (Å²) >= 11 is 3.59. The highest BCUT2D eigenvalue weighted by molar-refractivity contribution is 9.10. The van der Waals surface area contributed by atoms with Crippen LogP contribution >= 0.6 is 15.9 Å². The number of halogens is 1. The second kappa shape index (κ2) is 8.62. The van der Waals surface area contributed by atoms with E-state index in [-0.39, 0.29) is 0 Å². The fourth-order valence-electron chi connectivity index (χ4n) is 3.80. The van der Waals surface area contributed by atoms with Crippen molar-refractivity contribution in [2.24, 2.45) is 0 Å². The number of nitrogens with one attached hydrogen (secondary N) is 1. The lowest BCUT2D eigenvalue weighted by atomic mass is 10.2. The van der Waals surface area contributed by atoms with Gasteiger partial charge in [0, 0.05) is 18.8 Å². The molecule has 5 rings (SSSR count). The molecular formula is C22H22BrN9. The van der Waals surface area contributed by atoms with E-state index in [1.54, 1.807) is 0 Å². The minimum atomic E-state index is 0.577. The lowest BCUT2D eigenvalue weighted by Gasteiger charge is -2.11. The number of tetrazole rings is 1. The molecule has 0 saturated carbocycles. The molecule has 0 radical (unpaired) electrons. The van der Waals surface area contributed by atoms with Crippen LogP contribution in [0.1, 0.15) is 36.7 Å². The van der Waals surface area contributed by atoms with E-state index < -0.39 is 0 Å². The van der Waals surface area contributed by atoms with E-state index >= 15 is 0 Å². The van der Waals surface area contributed by atoms with Crippen molar-refractivity contribution in [1.82, 2.24) is 44.7 Å². The number of hydrogen-bond donors (Lipinski definition) is 1. The molecule has 0 aliphatic rings. The molecule has 0 unspecified atom stereocenters. The molecule has 9 nitrogen and oxygen atoms in total. The molecule has 1 N–H and O–H groups in total. The molecule has 5 aromatic rings. The number of aryl methyl sites for hydroxylation is 2. The van der Waals surface area contributed by atoms with Gasteiger partial charge in [0.25, 0.3) is 0 Å². The van der Waals surface area contributed by atoms with Crippen molar-refractivity contribution in [3.63, 3.8) is 0 Å². The Morgan fingerprint density at radius 1 is 1.09 bits per heavy atom. The van der Waals surface area contributed by atoms with Gasteiger partial charge in [-0.1, -0.05) is 19.4 Å². The Balaban J connectivity index is 1.49. The average molecular weight is 492 g/mol. The number of nitrogens with zero attached hydrogens (tertiary/aromatic N) is 8. The third-order valence-electron chi connectivity index (χ3n) is 5.47. The van der Waals surface area contributed by atoms with Crippen LogP contribution in [-0.2, 0) is 13.0 Å². The molecule has 0 aliphatic heterocycles. The first-order chi connectivity index (χ1) is 15.7. The van der Waals surface area contributed by atoms with E-state index in [0.717, 1.165) is 63.5 Å². The highest BCUT2D eigenvalue weighted by Crippen LogP contribution is 2.26. The maximum atomic E-state index is 4.90. The Bertz CT molecular complexity index is 1350. The van der Waals surface area contributed by atoms with Gasteiger partial charge in [0.1, 0.15) is 17.2 Å². The average Bonchev–Trinajstić information content (AvgIpc) is 3.53. The Labute approximate surface area is 193 Å². The molecular weight excluding hydrogens is 470 g/mol. The minimum Gasteiger partial charge on any atom is -0.308 e. The molecule has 0 spiro atoms. The second-order valence-corrected chi connectivity index (χ2v) is 8.48. The zero-order valence-electron chi connectivity index (χ0n) is 17.8. The Morgan fingerprint density at radius 2 is 2.00 bits per heavy atom. The fourth-order valence-corrected chi connectivity index (χ4v) is 4.30. The van der Waals surface area contributed by atoms with Crippen molar-refractivity contribution < 1.29 is 0 Å². The number of imidazole rings is 1. The van der Waals surface area contributed by atoms with Crippen molar-refractivity contribution in [3.05, 3.63) is 64.3 Å². The zero-order chi connectivity index (χ0) is 22.1. The Hall–Kier alpha value is -3.40. The second-order valence-electron chi connectivity index (χ2n) is 7.67. The first kappa shape index (κ1) is 20.5. The van der Waals surface area contributed by atoms with Gasteiger partial charge in [-0.2, -0.15) is 0 Å². The van der Waals surface area contributed by atoms with Gasteiger partial charge in [-0.05, 0) is 75.1 Å². The summed E-state index contributed by atoms with van der Waals surface area (Å²) in [5, 5.41) is 14.2. The highest BCUT2D eigenvalue weighted by atomic mass is 79.9. The van der Waals surface area contributed by atoms with Crippen LogP contribution in [0, 0.1) is 6.92 Å².